The number of halogens is 5. The predicted octanol–water partition coefficient (Wildman–Crippen LogP) is 1.98. The summed E-state index contributed by atoms with van der Waals surface area (Å²) in [6, 6.07) is 2.41. The number of hydrogen-bond acceptors (Lipinski definition) is 3. The van der Waals surface area contributed by atoms with Crippen LogP contribution in [0.25, 0.3) is 0 Å². The number of carbonyl (C=O) groups excluding carboxylic acids is 1. The first-order valence-corrected chi connectivity index (χ1v) is 6.76. The smallest absolute Gasteiger partial charge is 0.391 e. The number of nitrogens with two attached hydrogens (primary N) is 1. The molecule has 3 atom stereocenters. The van der Waals surface area contributed by atoms with Gasteiger partial charge in [-0.3, -0.25) is 4.79 Å². The molecule has 1 aliphatic rings. The van der Waals surface area contributed by atoms with Crippen LogP contribution in [0.4, 0.5) is 17.6 Å². The van der Waals surface area contributed by atoms with E-state index >= 15 is 0 Å². The highest BCUT2D eigenvalue weighted by Gasteiger charge is 2.36. The van der Waals surface area contributed by atoms with Crippen molar-refractivity contribution in [1.29, 1.82) is 0 Å². The number of carbonyl (C=O) groups is 1. The van der Waals surface area contributed by atoms with Crippen LogP contribution >= 0.6 is 12.4 Å². The van der Waals surface area contributed by atoms with Crippen LogP contribution in [0.3, 0.4) is 0 Å². The minimum atomic E-state index is -4.79. The molecule has 2 rings (SSSR count). The van der Waals surface area contributed by atoms with Gasteiger partial charge in [0.25, 0.3) is 0 Å². The number of nitrogens with one attached hydrogen (secondary N) is 1. The van der Waals surface area contributed by atoms with E-state index in [0.29, 0.717) is 6.07 Å². The van der Waals surface area contributed by atoms with Gasteiger partial charge in [0.15, 0.2) is 0 Å². The molecule has 0 radical (unpaired) electrons. The quantitative estimate of drug-likeness (QED) is 0.725. The van der Waals surface area contributed by atoms with Crippen LogP contribution in [0.1, 0.15) is 24.0 Å². The van der Waals surface area contributed by atoms with Crippen LogP contribution in [0.2, 0.25) is 0 Å². The highest BCUT2D eigenvalue weighted by atomic mass is 35.5. The van der Waals surface area contributed by atoms with Crippen molar-refractivity contribution < 1.29 is 27.5 Å². The Morgan fingerprint density at radius 3 is 2.52 bits per heavy atom. The molecule has 9 heteroatoms. The van der Waals surface area contributed by atoms with Crippen LogP contribution in [-0.4, -0.2) is 23.2 Å². The standard InChI is InChI=1S/C14H16F4N2O2.ClH/c15-12-7(2-1-3-9(12)14(16,17)18)6-20-13(22)8-4-10(19)11(21)5-8;/h1-3,8,10-11,21H,4-6,19H2,(H,20,22);1H/t8-,10+,11+;/m0./s1. The summed E-state index contributed by atoms with van der Waals surface area (Å²) in [7, 11) is 0. The lowest BCUT2D eigenvalue weighted by Crippen LogP contribution is -2.30. The van der Waals surface area contributed by atoms with Crippen LogP contribution in [0, 0.1) is 11.7 Å². The summed E-state index contributed by atoms with van der Waals surface area (Å²) < 4.78 is 51.6. The molecule has 0 aromatic heterocycles. The lowest BCUT2D eigenvalue weighted by Gasteiger charge is -2.13. The van der Waals surface area contributed by atoms with Gasteiger partial charge in [-0.1, -0.05) is 12.1 Å². The molecule has 4 nitrogen and oxygen atoms in total. The van der Waals surface area contributed by atoms with Crippen molar-refractivity contribution in [2.45, 2.75) is 37.7 Å². The Morgan fingerprint density at radius 2 is 2.00 bits per heavy atom. The Kier molecular flexibility index (Phi) is 6.38. The van der Waals surface area contributed by atoms with Gasteiger partial charge in [-0.25, -0.2) is 4.39 Å². The second-order valence-electron chi connectivity index (χ2n) is 5.39. The molecule has 1 aromatic rings. The zero-order valence-corrected chi connectivity index (χ0v) is 12.8. The fraction of sp³-hybridized carbons (Fsp3) is 0.500. The zero-order chi connectivity index (χ0) is 16.5. The maximum Gasteiger partial charge on any atom is 0.419 e. The summed E-state index contributed by atoms with van der Waals surface area (Å²) in [5, 5.41) is 11.9. The molecule has 0 aliphatic heterocycles. The third-order valence-electron chi connectivity index (χ3n) is 3.78. The van der Waals surface area contributed by atoms with Gasteiger partial charge in [0.2, 0.25) is 5.91 Å². The number of aliphatic hydroxyl groups excluding tert-OH is 1. The van der Waals surface area contributed by atoms with Crippen molar-refractivity contribution in [3.63, 3.8) is 0 Å². The van der Waals surface area contributed by atoms with Crippen molar-refractivity contribution in [1.82, 2.24) is 5.32 Å². The molecule has 1 aliphatic carbocycles. The van der Waals surface area contributed by atoms with E-state index in [0.717, 1.165) is 6.07 Å². The van der Waals surface area contributed by atoms with Crippen molar-refractivity contribution in [3.05, 3.63) is 35.1 Å². The summed E-state index contributed by atoms with van der Waals surface area (Å²) in [6.45, 7) is -0.351. The van der Waals surface area contributed by atoms with Gasteiger partial charge in [0.05, 0.1) is 11.7 Å². The first kappa shape index (κ1) is 19.7. The topological polar surface area (TPSA) is 75.4 Å². The zero-order valence-electron chi connectivity index (χ0n) is 11.9. The van der Waals surface area contributed by atoms with Crippen LogP contribution in [-0.2, 0) is 17.5 Å². The fourth-order valence-corrected chi connectivity index (χ4v) is 2.52. The summed E-state index contributed by atoms with van der Waals surface area (Å²) in [5.74, 6) is -2.36. The number of hydrogen-bond donors (Lipinski definition) is 3. The van der Waals surface area contributed by atoms with E-state index in [-0.39, 0.29) is 37.4 Å². The number of benzene rings is 1. The fourth-order valence-electron chi connectivity index (χ4n) is 2.52. The minimum absolute atomic E-state index is 0. The second kappa shape index (κ2) is 7.46. The first-order valence-electron chi connectivity index (χ1n) is 6.76. The van der Waals surface area contributed by atoms with E-state index in [9.17, 15) is 27.5 Å². The van der Waals surface area contributed by atoms with Crippen molar-refractivity contribution >= 4 is 18.3 Å². The maximum absolute atomic E-state index is 13.8. The Hall–Kier alpha value is -1.38. The number of alkyl halides is 3. The molecule has 0 saturated heterocycles. The van der Waals surface area contributed by atoms with Crippen molar-refractivity contribution in [2.24, 2.45) is 11.7 Å². The van der Waals surface area contributed by atoms with Crippen molar-refractivity contribution in [2.75, 3.05) is 0 Å². The van der Waals surface area contributed by atoms with E-state index in [1.807, 2.05) is 0 Å². The molecular formula is C14H17ClF4N2O2. The Morgan fingerprint density at radius 1 is 1.35 bits per heavy atom. The highest BCUT2D eigenvalue weighted by molar-refractivity contribution is 5.85. The molecule has 1 aromatic carbocycles. The van der Waals surface area contributed by atoms with Gasteiger partial charge >= 0.3 is 6.18 Å². The Labute approximate surface area is 136 Å². The van der Waals surface area contributed by atoms with Crippen LogP contribution < -0.4 is 11.1 Å². The normalized spacial score (nSPS) is 24.2. The molecule has 1 fully saturated rings. The van der Waals surface area contributed by atoms with Gasteiger partial charge in [-0.15, -0.1) is 12.4 Å². The molecule has 23 heavy (non-hydrogen) atoms. The average molecular weight is 357 g/mol. The minimum Gasteiger partial charge on any atom is -0.391 e. The monoisotopic (exact) mass is 356 g/mol. The highest BCUT2D eigenvalue weighted by Crippen LogP contribution is 2.32. The molecule has 1 amide bonds. The molecule has 130 valence electrons. The predicted molar refractivity (Wildman–Crippen MR) is 77.2 cm³/mol. The van der Waals surface area contributed by atoms with E-state index in [1.54, 1.807) is 0 Å². The first-order chi connectivity index (χ1) is 10.2. The van der Waals surface area contributed by atoms with E-state index < -0.39 is 41.5 Å². The van der Waals surface area contributed by atoms with Crippen LogP contribution in [0.15, 0.2) is 18.2 Å². The molecule has 0 unspecified atom stereocenters. The van der Waals surface area contributed by atoms with Crippen molar-refractivity contribution in [3.8, 4) is 0 Å². The molecule has 0 bridgehead atoms. The van der Waals surface area contributed by atoms with Gasteiger partial charge in [0, 0.05) is 24.1 Å². The lowest BCUT2D eigenvalue weighted by atomic mass is 10.1. The van der Waals surface area contributed by atoms with E-state index in [4.69, 9.17) is 5.73 Å². The summed E-state index contributed by atoms with van der Waals surface area (Å²) in [6.07, 6.45) is -5.08. The van der Waals surface area contributed by atoms with Gasteiger partial charge in [-0.05, 0) is 18.9 Å². The molecule has 0 spiro atoms. The Balaban J connectivity index is 0.00000264. The van der Waals surface area contributed by atoms with E-state index in [1.165, 1.54) is 6.07 Å². The number of amides is 1. The third kappa shape index (κ3) is 4.55. The van der Waals surface area contributed by atoms with Gasteiger partial charge in [0.1, 0.15) is 5.82 Å². The largest absolute Gasteiger partial charge is 0.419 e. The summed E-state index contributed by atoms with van der Waals surface area (Å²) in [5.41, 5.74) is 3.98. The van der Waals surface area contributed by atoms with Crippen LogP contribution in [0.5, 0.6) is 0 Å². The number of rotatable bonds is 3. The molecular weight excluding hydrogens is 340 g/mol. The average Bonchev–Trinajstić information content (AvgIpc) is 2.76. The molecule has 1 saturated carbocycles. The third-order valence-corrected chi connectivity index (χ3v) is 3.78. The summed E-state index contributed by atoms with van der Waals surface area (Å²) in [4.78, 5) is 11.9. The lowest BCUT2D eigenvalue weighted by molar-refractivity contribution is -0.140. The van der Waals surface area contributed by atoms with Gasteiger partial charge in [-0.2, -0.15) is 13.2 Å². The van der Waals surface area contributed by atoms with Gasteiger partial charge < -0.3 is 16.2 Å². The maximum atomic E-state index is 13.8. The second-order valence-corrected chi connectivity index (χ2v) is 5.39. The SMILES string of the molecule is Cl.N[C@@H]1C[C@H](C(=O)NCc2cccc(C(F)(F)F)c2F)C[C@H]1O. The number of aliphatic hydroxyl groups is 1. The summed E-state index contributed by atoms with van der Waals surface area (Å²) >= 11 is 0. The molecule has 0 heterocycles. The van der Waals surface area contributed by atoms with E-state index in [2.05, 4.69) is 5.32 Å². The Bertz CT molecular complexity index is 558. The molecule has 4 N–H and O–H groups in total.